The van der Waals surface area contributed by atoms with Crippen LogP contribution in [0.4, 0.5) is 11.4 Å². The highest BCUT2D eigenvalue weighted by atomic mass is 32.2. The first-order valence-electron chi connectivity index (χ1n) is 11.9. The summed E-state index contributed by atoms with van der Waals surface area (Å²) in [7, 11) is -1.34. The minimum Gasteiger partial charge on any atom is -0.493 e. The molecule has 0 aromatic heterocycles. The third kappa shape index (κ3) is 6.44. The predicted octanol–water partition coefficient (Wildman–Crippen LogP) is 4.64. The summed E-state index contributed by atoms with van der Waals surface area (Å²) >= 11 is 0. The number of nitrogens with one attached hydrogen (secondary N) is 1. The molecule has 9 nitrogen and oxygen atoms in total. The van der Waals surface area contributed by atoms with Gasteiger partial charge in [0.15, 0.2) is 11.5 Å². The molecule has 0 spiro atoms. The van der Waals surface area contributed by atoms with E-state index in [0.29, 0.717) is 22.7 Å². The van der Waals surface area contributed by atoms with Crippen molar-refractivity contribution in [3.05, 3.63) is 76.9 Å². The lowest BCUT2D eigenvalue weighted by Crippen LogP contribution is -2.38. The Hall–Kier alpha value is -4.05. The lowest BCUT2D eigenvalue weighted by atomic mass is 10.1. The highest BCUT2D eigenvalue weighted by Crippen LogP contribution is 2.33. The van der Waals surface area contributed by atoms with Gasteiger partial charge in [0.2, 0.25) is 5.91 Å². The summed E-state index contributed by atoms with van der Waals surface area (Å²) in [5.41, 5.74) is 3.37. The van der Waals surface area contributed by atoms with Crippen molar-refractivity contribution in [2.75, 3.05) is 37.0 Å². The number of sulfonamides is 1. The summed E-state index contributed by atoms with van der Waals surface area (Å²) in [6.07, 6.45) is 0. The van der Waals surface area contributed by atoms with Gasteiger partial charge in [-0.05, 0) is 80.8 Å². The van der Waals surface area contributed by atoms with E-state index in [-0.39, 0.29) is 22.8 Å². The van der Waals surface area contributed by atoms with Gasteiger partial charge < -0.3 is 19.5 Å². The van der Waals surface area contributed by atoms with Crippen molar-refractivity contribution in [1.82, 2.24) is 0 Å². The number of amides is 1. The molecule has 0 aliphatic heterocycles. The van der Waals surface area contributed by atoms with Crippen molar-refractivity contribution in [2.45, 2.75) is 32.6 Å². The summed E-state index contributed by atoms with van der Waals surface area (Å²) in [5.74, 6) is -0.489. The van der Waals surface area contributed by atoms with E-state index in [4.69, 9.17) is 14.2 Å². The maximum absolute atomic E-state index is 13.9. The van der Waals surface area contributed by atoms with E-state index < -0.39 is 28.4 Å². The molecule has 0 heterocycles. The van der Waals surface area contributed by atoms with Gasteiger partial charge in [0.05, 0.1) is 37.0 Å². The van der Waals surface area contributed by atoms with E-state index in [9.17, 15) is 18.0 Å². The minimum absolute atomic E-state index is 0.0670. The Bertz CT molecular complexity index is 1430. The van der Waals surface area contributed by atoms with E-state index in [1.807, 2.05) is 19.9 Å². The Morgan fingerprint density at radius 2 is 1.53 bits per heavy atom. The Morgan fingerprint density at radius 1 is 0.868 bits per heavy atom. The van der Waals surface area contributed by atoms with Crippen LogP contribution >= 0.6 is 0 Å². The number of carbonyl (C=O) groups is 2. The molecule has 0 aliphatic rings. The second kappa shape index (κ2) is 12.0. The van der Waals surface area contributed by atoms with Crippen LogP contribution in [0.2, 0.25) is 0 Å². The van der Waals surface area contributed by atoms with Crippen LogP contribution in [0.5, 0.6) is 11.5 Å². The van der Waals surface area contributed by atoms with Gasteiger partial charge in [0.25, 0.3) is 10.0 Å². The molecule has 3 aromatic rings. The number of aryl methyl sites for hydroxylation is 3. The predicted molar refractivity (Wildman–Crippen MR) is 146 cm³/mol. The first-order valence-corrected chi connectivity index (χ1v) is 13.3. The SMILES string of the molecule is CCOC(=O)c1ccc(C)c(NC(=O)CN(c2cc(C)cc(C)c2)S(=O)(=O)c2ccc(OC)c(OC)c2)c1. The van der Waals surface area contributed by atoms with Crippen molar-refractivity contribution in [1.29, 1.82) is 0 Å². The largest absolute Gasteiger partial charge is 0.493 e. The van der Waals surface area contributed by atoms with Crippen molar-refractivity contribution in [3.8, 4) is 11.5 Å². The lowest BCUT2D eigenvalue weighted by Gasteiger charge is -2.25. The van der Waals surface area contributed by atoms with E-state index in [0.717, 1.165) is 15.4 Å². The molecule has 202 valence electrons. The fourth-order valence-electron chi connectivity index (χ4n) is 3.93. The zero-order valence-corrected chi connectivity index (χ0v) is 23.1. The highest BCUT2D eigenvalue weighted by molar-refractivity contribution is 7.92. The quantitative estimate of drug-likeness (QED) is 0.373. The molecule has 1 amide bonds. The van der Waals surface area contributed by atoms with E-state index in [1.54, 1.807) is 38.1 Å². The van der Waals surface area contributed by atoms with Gasteiger partial charge >= 0.3 is 5.97 Å². The number of benzene rings is 3. The second-order valence-electron chi connectivity index (χ2n) is 8.67. The Morgan fingerprint density at radius 3 is 2.13 bits per heavy atom. The molecular formula is C28H32N2O7S. The monoisotopic (exact) mass is 540 g/mol. The molecule has 0 bridgehead atoms. The molecule has 10 heteroatoms. The van der Waals surface area contributed by atoms with Gasteiger partial charge in [-0.3, -0.25) is 9.10 Å². The van der Waals surface area contributed by atoms with Crippen molar-refractivity contribution in [3.63, 3.8) is 0 Å². The number of hydrogen-bond acceptors (Lipinski definition) is 7. The van der Waals surface area contributed by atoms with E-state index in [2.05, 4.69) is 5.32 Å². The van der Waals surface area contributed by atoms with Crippen LogP contribution in [0.25, 0.3) is 0 Å². The smallest absolute Gasteiger partial charge is 0.338 e. The Balaban J connectivity index is 2.01. The van der Waals surface area contributed by atoms with Gasteiger partial charge in [-0.25, -0.2) is 13.2 Å². The first-order chi connectivity index (χ1) is 18.0. The molecule has 1 N–H and O–H groups in total. The molecule has 38 heavy (non-hydrogen) atoms. The van der Waals surface area contributed by atoms with Crippen LogP contribution in [-0.2, 0) is 19.6 Å². The molecule has 0 atom stereocenters. The second-order valence-corrected chi connectivity index (χ2v) is 10.5. The zero-order chi connectivity index (χ0) is 28.0. The van der Waals surface area contributed by atoms with Crippen molar-refractivity contribution >= 4 is 33.3 Å². The number of hydrogen-bond donors (Lipinski definition) is 1. The molecule has 0 aliphatic carbocycles. The lowest BCUT2D eigenvalue weighted by molar-refractivity contribution is -0.114. The van der Waals surface area contributed by atoms with Gasteiger partial charge in [-0.2, -0.15) is 0 Å². The van der Waals surface area contributed by atoms with E-state index >= 15 is 0 Å². The molecule has 0 unspecified atom stereocenters. The molecule has 3 rings (SSSR count). The fraction of sp³-hybridized carbons (Fsp3) is 0.286. The molecule has 0 radical (unpaired) electrons. The van der Waals surface area contributed by atoms with E-state index in [1.165, 1.54) is 38.5 Å². The number of esters is 1. The van der Waals surface area contributed by atoms with Crippen LogP contribution in [-0.4, -0.2) is 47.7 Å². The van der Waals surface area contributed by atoms with Crippen LogP contribution in [0.1, 0.15) is 34.0 Å². The molecule has 3 aromatic carbocycles. The molecule has 0 saturated heterocycles. The minimum atomic E-state index is -4.21. The van der Waals surface area contributed by atoms with Crippen LogP contribution in [0.3, 0.4) is 0 Å². The van der Waals surface area contributed by atoms with Crippen molar-refractivity contribution < 1.29 is 32.2 Å². The van der Waals surface area contributed by atoms with Crippen LogP contribution in [0.15, 0.2) is 59.5 Å². The van der Waals surface area contributed by atoms with Gasteiger partial charge in [0, 0.05) is 11.8 Å². The Kier molecular flexibility index (Phi) is 9.00. The standard InChI is InChI=1S/C28H32N2O7S/c1-7-37-28(32)21-9-8-20(4)24(15-21)29-27(31)17-30(22-13-18(2)12-19(3)14-22)38(33,34)23-10-11-25(35-5)26(16-23)36-6/h8-16H,7,17H2,1-6H3,(H,29,31). The first kappa shape index (κ1) is 28.5. The van der Waals surface area contributed by atoms with Crippen LogP contribution < -0.4 is 19.1 Å². The fourth-order valence-corrected chi connectivity index (χ4v) is 5.35. The summed E-state index contributed by atoms with van der Waals surface area (Å²) in [6, 6.07) is 14.4. The number of carbonyl (C=O) groups excluding carboxylic acids is 2. The van der Waals surface area contributed by atoms with Gasteiger partial charge in [0.1, 0.15) is 6.54 Å². The van der Waals surface area contributed by atoms with Gasteiger partial charge in [-0.1, -0.05) is 12.1 Å². The average Bonchev–Trinajstić information content (AvgIpc) is 2.87. The summed E-state index contributed by atoms with van der Waals surface area (Å²) in [6.45, 7) is 6.88. The molecular weight excluding hydrogens is 508 g/mol. The summed E-state index contributed by atoms with van der Waals surface area (Å²) in [5, 5.41) is 2.74. The number of methoxy groups -OCH3 is 2. The third-order valence-corrected chi connectivity index (χ3v) is 7.52. The maximum Gasteiger partial charge on any atom is 0.338 e. The maximum atomic E-state index is 13.9. The number of ether oxygens (including phenoxy) is 3. The van der Waals surface area contributed by atoms with Crippen LogP contribution in [0, 0.1) is 20.8 Å². The zero-order valence-electron chi connectivity index (χ0n) is 22.3. The number of anilines is 2. The summed E-state index contributed by atoms with van der Waals surface area (Å²) < 4.78 is 44.4. The molecule has 0 fully saturated rings. The van der Waals surface area contributed by atoms with Gasteiger partial charge in [-0.15, -0.1) is 0 Å². The number of nitrogens with zero attached hydrogens (tertiary/aromatic N) is 1. The van der Waals surface area contributed by atoms with Crippen molar-refractivity contribution in [2.24, 2.45) is 0 Å². The summed E-state index contributed by atoms with van der Waals surface area (Å²) in [4.78, 5) is 25.3. The molecule has 0 saturated carbocycles. The number of rotatable bonds is 10. The Labute approximate surface area is 223 Å². The highest BCUT2D eigenvalue weighted by Gasteiger charge is 2.29. The third-order valence-electron chi connectivity index (χ3n) is 5.75. The normalized spacial score (nSPS) is 11.0. The topological polar surface area (TPSA) is 111 Å². The average molecular weight is 541 g/mol.